The molecule has 2 aromatic carbocycles. The molecular weight excluding hydrogens is 444 g/mol. The fourth-order valence-electron chi connectivity index (χ4n) is 3.28. The topological polar surface area (TPSA) is 117 Å². The summed E-state index contributed by atoms with van der Waals surface area (Å²) in [7, 11) is 0. The molecular formula is C24H18N2O6S. The van der Waals surface area contributed by atoms with Crippen LogP contribution in [0.25, 0.3) is 17.4 Å². The van der Waals surface area contributed by atoms with Gasteiger partial charge in [0.25, 0.3) is 11.1 Å². The molecule has 8 nitrogen and oxygen atoms in total. The van der Waals surface area contributed by atoms with E-state index in [2.05, 4.69) is 5.32 Å². The summed E-state index contributed by atoms with van der Waals surface area (Å²) in [4.78, 5) is 49.4. The minimum atomic E-state index is -1.02. The number of nitrogens with one attached hydrogen (secondary N) is 1. The molecule has 0 radical (unpaired) electrons. The number of carbonyl (C=O) groups excluding carboxylic acids is 3. The summed E-state index contributed by atoms with van der Waals surface area (Å²) >= 11 is 0.732. The highest BCUT2D eigenvalue weighted by molar-refractivity contribution is 8.18. The van der Waals surface area contributed by atoms with Crippen LogP contribution in [0.15, 0.2) is 70.0 Å². The van der Waals surface area contributed by atoms with Crippen LogP contribution in [0.2, 0.25) is 0 Å². The number of anilines is 1. The van der Waals surface area contributed by atoms with Crippen LogP contribution in [0, 0.1) is 6.92 Å². The number of carbonyl (C=O) groups is 4. The lowest BCUT2D eigenvalue weighted by Gasteiger charge is -2.12. The number of rotatable bonds is 6. The molecule has 2 N–H and O–H groups in total. The molecule has 0 spiro atoms. The van der Waals surface area contributed by atoms with Crippen molar-refractivity contribution in [2.24, 2.45) is 0 Å². The lowest BCUT2D eigenvalue weighted by Crippen LogP contribution is -2.36. The molecule has 9 heteroatoms. The van der Waals surface area contributed by atoms with Gasteiger partial charge < -0.3 is 14.8 Å². The second-order valence-corrected chi connectivity index (χ2v) is 8.21. The van der Waals surface area contributed by atoms with E-state index < -0.39 is 29.6 Å². The number of carboxylic acids is 1. The van der Waals surface area contributed by atoms with Gasteiger partial charge in [0.1, 0.15) is 18.1 Å². The number of hydrogen-bond donors (Lipinski definition) is 2. The predicted octanol–water partition coefficient (Wildman–Crippen LogP) is 4.63. The Bertz CT molecular complexity index is 1300. The minimum Gasteiger partial charge on any atom is -0.478 e. The van der Waals surface area contributed by atoms with Crippen molar-refractivity contribution in [1.29, 1.82) is 0 Å². The van der Waals surface area contributed by atoms with Crippen molar-refractivity contribution < 1.29 is 28.7 Å². The first kappa shape index (κ1) is 22.1. The molecule has 0 unspecified atom stereocenters. The highest BCUT2D eigenvalue weighted by Crippen LogP contribution is 2.34. The number of nitrogens with zero attached hydrogens (tertiary/aromatic N) is 1. The molecule has 1 saturated heterocycles. The van der Waals surface area contributed by atoms with Crippen molar-refractivity contribution in [3.05, 3.63) is 82.5 Å². The summed E-state index contributed by atoms with van der Waals surface area (Å²) in [6.07, 6.45) is 1.45. The first-order chi connectivity index (χ1) is 15.8. The molecule has 3 aromatic rings. The number of thioether (sulfide) groups is 1. The maximum Gasteiger partial charge on any atom is 0.335 e. The van der Waals surface area contributed by atoms with Crippen molar-refractivity contribution in [2.75, 3.05) is 11.9 Å². The third-order valence-electron chi connectivity index (χ3n) is 4.87. The Labute approximate surface area is 192 Å². The van der Waals surface area contributed by atoms with E-state index >= 15 is 0 Å². The molecule has 0 aliphatic carbocycles. The molecule has 1 fully saturated rings. The van der Waals surface area contributed by atoms with Crippen LogP contribution in [0.4, 0.5) is 10.5 Å². The second-order valence-electron chi connectivity index (χ2n) is 7.22. The number of aromatic carboxylic acids is 1. The summed E-state index contributed by atoms with van der Waals surface area (Å²) in [5.74, 6) is -1.22. The number of benzene rings is 2. The monoisotopic (exact) mass is 462 g/mol. The average molecular weight is 462 g/mol. The minimum absolute atomic E-state index is 0.145. The summed E-state index contributed by atoms with van der Waals surface area (Å²) in [5.41, 5.74) is 2.18. The van der Waals surface area contributed by atoms with Gasteiger partial charge in [-0.2, -0.15) is 0 Å². The Hall–Kier alpha value is -4.11. The van der Waals surface area contributed by atoms with Crippen molar-refractivity contribution in [3.8, 4) is 11.3 Å². The molecule has 0 atom stereocenters. The van der Waals surface area contributed by atoms with Crippen LogP contribution in [0.5, 0.6) is 0 Å². The van der Waals surface area contributed by atoms with Crippen LogP contribution in [0.1, 0.15) is 21.7 Å². The van der Waals surface area contributed by atoms with Gasteiger partial charge in [0.05, 0.1) is 10.5 Å². The van der Waals surface area contributed by atoms with Crippen LogP contribution >= 0.6 is 11.8 Å². The normalized spacial score (nSPS) is 14.7. The Morgan fingerprint density at radius 1 is 1.09 bits per heavy atom. The van der Waals surface area contributed by atoms with Gasteiger partial charge in [0.2, 0.25) is 5.91 Å². The number of imide groups is 1. The van der Waals surface area contributed by atoms with E-state index in [4.69, 9.17) is 9.52 Å². The van der Waals surface area contributed by atoms with Gasteiger partial charge in [-0.15, -0.1) is 0 Å². The van der Waals surface area contributed by atoms with Crippen LogP contribution in [-0.2, 0) is 9.59 Å². The maximum absolute atomic E-state index is 12.7. The molecule has 0 saturated carbocycles. The quantitative estimate of drug-likeness (QED) is 0.513. The Balaban J connectivity index is 1.47. The Morgan fingerprint density at radius 3 is 2.55 bits per heavy atom. The van der Waals surface area contributed by atoms with Gasteiger partial charge in [-0.05, 0) is 60.6 Å². The molecule has 1 aromatic heterocycles. The van der Waals surface area contributed by atoms with Gasteiger partial charge in [0.15, 0.2) is 0 Å². The van der Waals surface area contributed by atoms with Gasteiger partial charge in [-0.3, -0.25) is 19.3 Å². The first-order valence-corrected chi connectivity index (χ1v) is 10.7. The fourth-order valence-corrected chi connectivity index (χ4v) is 4.10. The van der Waals surface area contributed by atoms with Gasteiger partial charge in [0, 0.05) is 17.3 Å². The molecule has 0 bridgehead atoms. The van der Waals surface area contributed by atoms with E-state index in [1.54, 1.807) is 55.5 Å². The second kappa shape index (κ2) is 9.17. The van der Waals surface area contributed by atoms with Gasteiger partial charge in [-0.25, -0.2) is 4.79 Å². The molecule has 4 rings (SSSR count). The number of aryl methyl sites for hydroxylation is 1. The molecule has 33 heavy (non-hydrogen) atoms. The third-order valence-corrected chi connectivity index (χ3v) is 5.78. The maximum atomic E-state index is 12.7. The zero-order valence-electron chi connectivity index (χ0n) is 17.4. The number of hydrogen-bond acceptors (Lipinski definition) is 6. The van der Waals surface area contributed by atoms with Crippen molar-refractivity contribution >= 4 is 46.5 Å². The van der Waals surface area contributed by atoms with Crippen LogP contribution < -0.4 is 5.32 Å². The molecule has 166 valence electrons. The smallest absolute Gasteiger partial charge is 0.335 e. The Kier molecular flexibility index (Phi) is 6.14. The third kappa shape index (κ3) is 4.88. The van der Waals surface area contributed by atoms with E-state index in [9.17, 15) is 19.2 Å². The van der Waals surface area contributed by atoms with Crippen molar-refractivity contribution in [2.45, 2.75) is 6.92 Å². The SMILES string of the molecule is Cc1cc(C(=O)O)ccc1-c1ccc(/C=C2\SC(=O)N(CC(=O)Nc3ccccc3)C2=O)o1. The summed E-state index contributed by atoms with van der Waals surface area (Å²) < 4.78 is 5.79. The molecule has 3 amide bonds. The summed E-state index contributed by atoms with van der Waals surface area (Å²) in [5, 5.41) is 11.2. The van der Waals surface area contributed by atoms with Crippen molar-refractivity contribution in [3.63, 3.8) is 0 Å². The first-order valence-electron chi connectivity index (χ1n) is 9.86. The highest BCUT2D eigenvalue weighted by Gasteiger charge is 2.36. The fraction of sp³-hybridized carbons (Fsp3) is 0.0833. The number of furan rings is 1. The van der Waals surface area contributed by atoms with Crippen molar-refractivity contribution in [1.82, 2.24) is 4.90 Å². The zero-order valence-corrected chi connectivity index (χ0v) is 18.2. The van der Waals surface area contributed by atoms with E-state index in [0.29, 0.717) is 22.8 Å². The average Bonchev–Trinajstić information content (AvgIpc) is 3.34. The number of amides is 3. The summed E-state index contributed by atoms with van der Waals surface area (Å²) in [6, 6.07) is 16.8. The highest BCUT2D eigenvalue weighted by atomic mass is 32.2. The largest absolute Gasteiger partial charge is 0.478 e. The van der Waals surface area contributed by atoms with E-state index in [1.165, 1.54) is 12.1 Å². The van der Waals surface area contributed by atoms with E-state index in [0.717, 1.165) is 22.2 Å². The summed E-state index contributed by atoms with van der Waals surface area (Å²) in [6.45, 7) is 1.38. The predicted molar refractivity (Wildman–Crippen MR) is 124 cm³/mol. The van der Waals surface area contributed by atoms with Crippen LogP contribution in [-0.4, -0.2) is 39.6 Å². The number of carboxylic acid groups (broad SMARTS) is 1. The van der Waals surface area contributed by atoms with Crippen LogP contribution in [0.3, 0.4) is 0 Å². The standard InChI is InChI=1S/C24H18N2O6S/c1-14-11-15(23(29)30)7-9-18(14)19-10-8-17(32-19)12-20-22(28)26(24(31)33-20)13-21(27)25-16-5-3-2-4-6-16/h2-12H,13H2,1H3,(H,25,27)(H,29,30)/b20-12-. The van der Waals surface area contributed by atoms with E-state index in [-0.39, 0.29) is 10.5 Å². The van der Waals surface area contributed by atoms with E-state index in [1.807, 2.05) is 6.07 Å². The lowest BCUT2D eigenvalue weighted by atomic mass is 10.0. The van der Waals surface area contributed by atoms with Gasteiger partial charge >= 0.3 is 5.97 Å². The lowest BCUT2D eigenvalue weighted by molar-refractivity contribution is -0.127. The molecule has 2 heterocycles. The molecule has 1 aliphatic rings. The zero-order chi connectivity index (χ0) is 23.5. The molecule has 1 aliphatic heterocycles. The Morgan fingerprint density at radius 2 is 1.85 bits per heavy atom. The number of para-hydroxylation sites is 1. The van der Waals surface area contributed by atoms with Gasteiger partial charge in [-0.1, -0.05) is 24.3 Å².